The summed E-state index contributed by atoms with van der Waals surface area (Å²) in [6.45, 7) is -0.129. The Morgan fingerprint density at radius 3 is 2.83 bits per heavy atom. The molecule has 2 aromatic carbocycles. The summed E-state index contributed by atoms with van der Waals surface area (Å²) in [7, 11) is 0. The SMILES string of the molecule is O=C1O[C@@H](C(=O)OCc2cccc([N+](=O)[O-])c2)Cc2ccccc21. The summed E-state index contributed by atoms with van der Waals surface area (Å²) in [5, 5.41) is 10.7. The summed E-state index contributed by atoms with van der Waals surface area (Å²) in [6.07, 6.45) is -0.763. The van der Waals surface area contributed by atoms with Gasteiger partial charge in [-0.15, -0.1) is 0 Å². The Bertz CT molecular complexity index is 816. The first-order chi connectivity index (χ1) is 11.5. The number of hydrogen-bond donors (Lipinski definition) is 0. The van der Waals surface area contributed by atoms with Gasteiger partial charge in [0.25, 0.3) is 5.69 Å². The Balaban J connectivity index is 1.65. The first kappa shape index (κ1) is 15.7. The number of esters is 2. The number of nitrogens with zero attached hydrogens (tertiary/aromatic N) is 1. The molecule has 0 bridgehead atoms. The molecule has 1 atom stereocenters. The molecule has 0 saturated heterocycles. The molecule has 24 heavy (non-hydrogen) atoms. The van der Waals surface area contributed by atoms with Crippen molar-refractivity contribution in [2.75, 3.05) is 0 Å². The van der Waals surface area contributed by atoms with E-state index in [2.05, 4.69) is 0 Å². The van der Waals surface area contributed by atoms with Crippen molar-refractivity contribution in [3.05, 3.63) is 75.3 Å². The van der Waals surface area contributed by atoms with Crippen LogP contribution in [0.1, 0.15) is 21.5 Å². The van der Waals surface area contributed by atoms with E-state index in [0.717, 1.165) is 5.56 Å². The highest BCUT2D eigenvalue weighted by atomic mass is 16.6. The number of carbonyl (C=O) groups excluding carboxylic acids is 2. The van der Waals surface area contributed by atoms with Crippen LogP contribution >= 0.6 is 0 Å². The number of cyclic esters (lactones) is 1. The second-order valence-electron chi connectivity index (χ2n) is 5.29. The summed E-state index contributed by atoms with van der Waals surface area (Å²) >= 11 is 0. The predicted octanol–water partition coefficient (Wildman–Crippen LogP) is 2.42. The molecular formula is C17H13NO6. The fourth-order valence-corrected chi connectivity index (χ4v) is 2.47. The van der Waals surface area contributed by atoms with Crippen LogP contribution in [0.15, 0.2) is 48.5 Å². The van der Waals surface area contributed by atoms with Crippen LogP contribution in [0.4, 0.5) is 5.69 Å². The molecule has 1 aliphatic heterocycles. The molecule has 7 nitrogen and oxygen atoms in total. The van der Waals surface area contributed by atoms with Crippen molar-refractivity contribution < 1.29 is 24.0 Å². The summed E-state index contributed by atoms with van der Waals surface area (Å²) < 4.78 is 10.2. The highest BCUT2D eigenvalue weighted by Gasteiger charge is 2.32. The molecule has 0 spiro atoms. The number of benzene rings is 2. The van der Waals surface area contributed by atoms with Crippen molar-refractivity contribution in [3.63, 3.8) is 0 Å². The van der Waals surface area contributed by atoms with E-state index in [9.17, 15) is 19.7 Å². The zero-order chi connectivity index (χ0) is 17.1. The molecule has 0 N–H and O–H groups in total. The number of fused-ring (bicyclic) bond motifs is 1. The zero-order valence-corrected chi connectivity index (χ0v) is 12.5. The number of carbonyl (C=O) groups is 2. The van der Waals surface area contributed by atoms with E-state index in [1.807, 2.05) is 0 Å². The van der Waals surface area contributed by atoms with Gasteiger partial charge in [0.1, 0.15) is 6.61 Å². The quantitative estimate of drug-likeness (QED) is 0.486. The van der Waals surface area contributed by atoms with Crippen molar-refractivity contribution in [2.45, 2.75) is 19.1 Å². The van der Waals surface area contributed by atoms with Gasteiger partial charge in [0, 0.05) is 18.6 Å². The monoisotopic (exact) mass is 327 g/mol. The molecule has 122 valence electrons. The van der Waals surface area contributed by atoms with Gasteiger partial charge in [0.05, 0.1) is 10.5 Å². The molecule has 3 rings (SSSR count). The fraction of sp³-hybridized carbons (Fsp3) is 0.176. The number of hydrogen-bond acceptors (Lipinski definition) is 6. The van der Waals surface area contributed by atoms with Gasteiger partial charge in [-0.25, -0.2) is 9.59 Å². The third-order valence-corrected chi connectivity index (χ3v) is 3.66. The van der Waals surface area contributed by atoms with Gasteiger partial charge in [0.2, 0.25) is 6.10 Å². The zero-order valence-electron chi connectivity index (χ0n) is 12.5. The third kappa shape index (κ3) is 3.24. The highest BCUT2D eigenvalue weighted by molar-refractivity contribution is 5.94. The number of ether oxygens (including phenoxy) is 2. The Labute approximate surface area is 137 Å². The summed E-state index contributed by atoms with van der Waals surface area (Å²) in [6, 6.07) is 12.7. The topological polar surface area (TPSA) is 95.7 Å². The first-order valence-electron chi connectivity index (χ1n) is 7.23. The van der Waals surface area contributed by atoms with E-state index < -0.39 is 23.0 Å². The van der Waals surface area contributed by atoms with Crippen LogP contribution < -0.4 is 0 Å². The minimum Gasteiger partial charge on any atom is -0.458 e. The van der Waals surface area contributed by atoms with Gasteiger partial charge in [-0.2, -0.15) is 0 Å². The van der Waals surface area contributed by atoms with E-state index in [1.54, 1.807) is 30.3 Å². The Morgan fingerprint density at radius 1 is 1.25 bits per heavy atom. The van der Waals surface area contributed by atoms with Crippen molar-refractivity contribution in [1.82, 2.24) is 0 Å². The van der Waals surface area contributed by atoms with Crippen molar-refractivity contribution in [3.8, 4) is 0 Å². The molecule has 0 aliphatic carbocycles. The molecule has 0 fully saturated rings. The van der Waals surface area contributed by atoms with E-state index in [0.29, 0.717) is 11.1 Å². The largest absolute Gasteiger partial charge is 0.458 e. The lowest BCUT2D eigenvalue weighted by Gasteiger charge is -2.23. The number of nitro benzene ring substituents is 1. The Morgan fingerprint density at radius 2 is 2.04 bits per heavy atom. The maximum absolute atomic E-state index is 12.1. The van der Waals surface area contributed by atoms with E-state index in [1.165, 1.54) is 18.2 Å². The molecule has 0 aromatic heterocycles. The number of rotatable bonds is 4. The second kappa shape index (κ2) is 6.49. The molecule has 1 aliphatic rings. The van der Waals surface area contributed by atoms with Crippen molar-refractivity contribution in [1.29, 1.82) is 0 Å². The van der Waals surface area contributed by atoms with Gasteiger partial charge in [-0.1, -0.05) is 30.3 Å². The summed E-state index contributed by atoms with van der Waals surface area (Å²) in [5.74, 6) is -1.24. The Kier molecular flexibility index (Phi) is 4.24. The van der Waals surface area contributed by atoms with E-state index in [-0.39, 0.29) is 18.7 Å². The van der Waals surface area contributed by atoms with Crippen LogP contribution in [0, 0.1) is 10.1 Å². The summed E-state index contributed by atoms with van der Waals surface area (Å²) in [4.78, 5) is 34.2. The molecule has 0 radical (unpaired) electrons. The first-order valence-corrected chi connectivity index (χ1v) is 7.23. The van der Waals surface area contributed by atoms with Crippen molar-refractivity contribution in [2.24, 2.45) is 0 Å². The molecule has 0 saturated carbocycles. The van der Waals surface area contributed by atoms with Crippen LogP contribution in [-0.2, 0) is 27.3 Å². The standard InChI is InChI=1S/C17H13NO6/c19-16-14-7-2-1-5-12(14)9-15(24-16)17(20)23-10-11-4-3-6-13(8-11)18(21)22/h1-8,15H,9-10H2/t15-/m1/s1. The number of nitro groups is 1. The van der Waals surface area contributed by atoms with Crippen LogP contribution in [0.3, 0.4) is 0 Å². The molecular weight excluding hydrogens is 314 g/mol. The predicted molar refractivity (Wildman–Crippen MR) is 82.2 cm³/mol. The van der Waals surface area contributed by atoms with Gasteiger partial charge in [-0.3, -0.25) is 10.1 Å². The average Bonchev–Trinajstić information content (AvgIpc) is 2.60. The molecule has 0 amide bonds. The Hall–Kier alpha value is -3.22. The lowest BCUT2D eigenvalue weighted by Crippen LogP contribution is -2.35. The van der Waals surface area contributed by atoms with Crippen LogP contribution in [-0.4, -0.2) is 23.0 Å². The van der Waals surface area contributed by atoms with Crippen molar-refractivity contribution >= 4 is 17.6 Å². The smallest absolute Gasteiger partial charge is 0.348 e. The third-order valence-electron chi connectivity index (χ3n) is 3.66. The van der Waals surface area contributed by atoms with E-state index >= 15 is 0 Å². The second-order valence-corrected chi connectivity index (χ2v) is 5.29. The van der Waals surface area contributed by atoms with Crippen LogP contribution in [0.5, 0.6) is 0 Å². The molecule has 7 heteroatoms. The van der Waals surface area contributed by atoms with Crippen LogP contribution in [0.2, 0.25) is 0 Å². The maximum atomic E-state index is 12.1. The maximum Gasteiger partial charge on any atom is 0.348 e. The van der Waals surface area contributed by atoms with Gasteiger partial charge >= 0.3 is 11.9 Å². The lowest BCUT2D eigenvalue weighted by atomic mass is 9.99. The average molecular weight is 327 g/mol. The lowest BCUT2D eigenvalue weighted by molar-refractivity contribution is -0.384. The van der Waals surface area contributed by atoms with E-state index in [4.69, 9.17) is 9.47 Å². The van der Waals surface area contributed by atoms with Crippen LogP contribution in [0.25, 0.3) is 0 Å². The molecule has 2 aromatic rings. The molecule has 1 heterocycles. The minimum atomic E-state index is -1.01. The normalized spacial score (nSPS) is 16.0. The molecule has 0 unspecified atom stereocenters. The van der Waals surface area contributed by atoms with Gasteiger partial charge in [-0.05, 0) is 17.2 Å². The summed E-state index contributed by atoms with van der Waals surface area (Å²) in [5.41, 5.74) is 1.58. The number of non-ortho nitro benzene ring substituents is 1. The fourth-order valence-electron chi connectivity index (χ4n) is 2.47. The van der Waals surface area contributed by atoms with Gasteiger partial charge < -0.3 is 9.47 Å². The highest BCUT2D eigenvalue weighted by Crippen LogP contribution is 2.21. The van der Waals surface area contributed by atoms with Gasteiger partial charge in [0.15, 0.2) is 0 Å². The minimum absolute atomic E-state index is 0.0819.